The third-order valence-electron chi connectivity index (χ3n) is 3.97. The Kier molecular flexibility index (Phi) is 8.69. The third kappa shape index (κ3) is 5.36. The van der Waals surface area contributed by atoms with Crippen molar-refractivity contribution < 1.29 is 28.5 Å². The first kappa shape index (κ1) is 22.4. The van der Waals surface area contributed by atoms with Gasteiger partial charge in [0.1, 0.15) is 5.69 Å². The zero-order valence-electron chi connectivity index (χ0n) is 16.8. The van der Waals surface area contributed by atoms with E-state index < -0.39 is 0 Å². The van der Waals surface area contributed by atoms with Gasteiger partial charge in [-0.2, -0.15) is 12.6 Å². The van der Waals surface area contributed by atoms with E-state index in [9.17, 15) is 0 Å². The zero-order chi connectivity index (χ0) is 21.2. The summed E-state index contributed by atoms with van der Waals surface area (Å²) in [4.78, 5) is 4.36. The highest BCUT2D eigenvalue weighted by Crippen LogP contribution is 2.38. The Morgan fingerprint density at radius 1 is 0.828 bits per heavy atom. The van der Waals surface area contributed by atoms with E-state index in [0.717, 1.165) is 11.1 Å². The van der Waals surface area contributed by atoms with E-state index in [1.54, 1.807) is 28.4 Å². The number of thiol groups is 1. The van der Waals surface area contributed by atoms with Crippen molar-refractivity contribution in [1.82, 2.24) is 4.98 Å². The van der Waals surface area contributed by atoms with Gasteiger partial charge in [-0.25, -0.2) is 4.98 Å². The lowest BCUT2D eigenvalue weighted by atomic mass is 10.0. The highest BCUT2D eigenvalue weighted by atomic mass is 32.1. The standard InChI is InChI=1S/C19H19NO5.C2H6OS/c1-21-14-7-5-12(9-16(14)23-3)18-19(25-11-20-18)13-6-8-15(22-2)17(10-13)24-4;3-1-2-4/h5-11H,1-4H3;3-4H,1-2H2. The molecule has 0 aliphatic heterocycles. The topological polar surface area (TPSA) is 83.2 Å². The van der Waals surface area contributed by atoms with Crippen molar-refractivity contribution >= 4 is 12.6 Å². The smallest absolute Gasteiger partial charge is 0.182 e. The Labute approximate surface area is 175 Å². The number of nitrogens with zero attached hydrogens (tertiary/aromatic N) is 1. The predicted molar refractivity (Wildman–Crippen MR) is 115 cm³/mol. The van der Waals surface area contributed by atoms with Gasteiger partial charge in [0.25, 0.3) is 0 Å². The maximum absolute atomic E-state index is 7.80. The number of ether oxygens (including phenoxy) is 4. The minimum absolute atomic E-state index is 0.184. The van der Waals surface area contributed by atoms with Crippen LogP contribution in [-0.4, -0.2) is 50.9 Å². The number of aromatic nitrogens is 1. The first-order valence-corrected chi connectivity index (χ1v) is 9.36. The minimum atomic E-state index is 0.184. The van der Waals surface area contributed by atoms with Crippen molar-refractivity contribution in [3.05, 3.63) is 42.8 Å². The van der Waals surface area contributed by atoms with E-state index in [1.165, 1.54) is 6.39 Å². The van der Waals surface area contributed by atoms with Crippen LogP contribution in [0.1, 0.15) is 0 Å². The number of aliphatic hydroxyl groups excluding tert-OH is 1. The zero-order valence-corrected chi connectivity index (χ0v) is 17.7. The predicted octanol–water partition coefficient (Wildman–Crippen LogP) is 3.95. The molecule has 0 radical (unpaired) electrons. The lowest BCUT2D eigenvalue weighted by molar-refractivity contribution is 0.323. The van der Waals surface area contributed by atoms with Crippen molar-refractivity contribution in [2.24, 2.45) is 0 Å². The molecule has 0 fully saturated rings. The van der Waals surface area contributed by atoms with Crippen LogP contribution < -0.4 is 18.9 Å². The Bertz CT molecular complexity index is 840. The molecule has 1 aromatic heterocycles. The van der Waals surface area contributed by atoms with Gasteiger partial charge in [0.15, 0.2) is 35.2 Å². The Hall–Kier alpha value is -2.84. The van der Waals surface area contributed by atoms with E-state index >= 15 is 0 Å². The molecule has 1 N–H and O–H groups in total. The summed E-state index contributed by atoms with van der Waals surface area (Å²) >= 11 is 3.67. The maximum Gasteiger partial charge on any atom is 0.182 e. The Morgan fingerprint density at radius 3 is 1.79 bits per heavy atom. The van der Waals surface area contributed by atoms with E-state index in [2.05, 4.69) is 17.6 Å². The molecular weight excluding hydrogens is 394 g/mol. The van der Waals surface area contributed by atoms with Crippen LogP contribution in [0, 0.1) is 0 Å². The normalized spacial score (nSPS) is 10.0. The fourth-order valence-corrected chi connectivity index (χ4v) is 2.62. The van der Waals surface area contributed by atoms with E-state index in [4.69, 9.17) is 28.5 Å². The number of rotatable bonds is 7. The second kappa shape index (κ2) is 11.2. The summed E-state index contributed by atoms with van der Waals surface area (Å²) in [6.07, 6.45) is 1.41. The van der Waals surface area contributed by atoms with Gasteiger partial charge in [0.2, 0.25) is 0 Å². The fourth-order valence-electron chi connectivity index (χ4n) is 2.62. The molecule has 0 amide bonds. The molecule has 0 spiro atoms. The highest BCUT2D eigenvalue weighted by molar-refractivity contribution is 7.80. The number of hydrogen-bond acceptors (Lipinski definition) is 8. The van der Waals surface area contributed by atoms with E-state index in [1.807, 2.05) is 36.4 Å². The molecule has 7 nitrogen and oxygen atoms in total. The van der Waals surface area contributed by atoms with Gasteiger partial charge in [0, 0.05) is 16.9 Å². The minimum Gasteiger partial charge on any atom is -0.493 e. The molecule has 3 rings (SSSR count). The number of aliphatic hydroxyl groups is 1. The van der Waals surface area contributed by atoms with Crippen molar-refractivity contribution in [3.8, 4) is 45.6 Å². The average molecular weight is 419 g/mol. The molecule has 29 heavy (non-hydrogen) atoms. The van der Waals surface area contributed by atoms with Gasteiger partial charge in [-0.1, -0.05) is 0 Å². The molecule has 0 saturated carbocycles. The van der Waals surface area contributed by atoms with Crippen LogP contribution in [-0.2, 0) is 0 Å². The monoisotopic (exact) mass is 419 g/mol. The number of benzene rings is 2. The highest BCUT2D eigenvalue weighted by Gasteiger charge is 2.17. The molecule has 0 aliphatic carbocycles. The van der Waals surface area contributed by atoms with Crippen LogP contribution in [0.25, 0.3) is 22.6 Å². The second-order valence-corrected chi connectivity index (χ2v) is 6.06. The molecule has 1 heterocycles. The summed E-state index contributed by atoms with van der Waals surface area (Å²) in [5, 5.41) is 7.80. The van der Waals surface area contributed by atoms with Gasteiger partial charge in [-0.05, 0) is 36.4 Å². The molecule has 8 heteroatoms. The van der Waals surface area contributed by atoms with Crippen LogP contribution in [0.4, 0.5) is 0 Å². The molecule has 156 valence electrons. The first-order valence-electron chi connectivity index (χ1n) is 8.73. The summed E-state index contributed by atoms with van der Waals surface area (Å²) in [6.45, 7) is 0.184. The van der Waals surface area contributed by atoms with Crippen molar-refractivity contribution in [1.29, 1.82) is 0 Å². The third-order valence-corrected chi connectivity index (χ3v) is 4.17. The summed E-state index contributed by atoms with van der Waals surface area (Å²) in [5.74, 6) is 3.75. The molecule has 0 aliphatic rings. The quantitative estimate of drug-likeness (QED) is 0.561. The van der Waals surface area contributed by atoms with Crippen LogP contribution in [0.3, 0.4) is 0 Å². The SMILES string of the molecule is COc1ccc(-c2ncoc2-c2ccc(OC)c(OC)c2)cc1OC.OCCS. The van der Waals surface area contributed by atoms with E-state index in [0.29, 0.717) is 40.2 Å². The first-order chi connectivity index (χ1) is 14.1. The van der Waals surface area contributed by atoms with E-state index in [-0.39, 0.29) is 6.61 Å². The van der Waals surface area contributed by atoms with Crippen LogP contribution >= 0.6 is 12.6 Å². The van der Waals surface area contributed by atoms with Gasteiger partial charge in [-0.3, -0.25) is 0 Å². The number of hydrogen-bond donors (Lipinski definition) is 2. The lowest BCUT2D eigenvalue weighted by Crippen LogP contribution is -1.92. The molecule has 0 bridgehead atoms. The van der Waals surface area contributed by atoms with Crippen molar-refractivity contribution in [2.45, 2.75) is 0 Å². The van der Waals surface area contributed by atoms with Gasteiger partial charge in [0.05, 0.1) is 35.0 Å². The summed E-state index contributed by atoms with van der Waals surface area (Å²) in [6, 6.07) is 11.2. The van der Waals surface area contributed by atoms with Crippen LogP contribution in [0.5, 0.6) is 23.0 Å². The van der Waals surface area contributed by atoms with Crippen LogP contribution in [0.15, 0.2) is 47.2 Å². The van der Waals surface area contributed by atoms with Crippen molar-refractivity contribution in [2.75, 3.05) is 40.8 Å². The molecule has 3 aromatic rings. The van der Waals surface area contributed by atoms with Gasteiger partial charge in [-0.15, -0.1) is 0 Å². The summed E-state index contributed by atoms with van der Waals surface area (Å²) in [5.41, 5.74) is 2.39. The molecule has 2 aromatic carbocycles. The average Bonchev–Trinajstić information content (AvgIpc) is 3.28. The molecule has 0 saturated heterocycles. The van der Waals surface area contributed by atoms with Gasteiger partial charge < -0.3 is 28.5 Å². The van der Waals surface area contributed by atoms with Gasteiger partial charge >= 0.3 is 0 Å². The summed E-state index contributed by atoms with van der Waals surface area (Å²) < 4.78 is 26.9. The molecule has 0 atom stereocenters. The lowest BCUT2D eigenvalue weighted by Gasteiger charge is -2.10. The molecule has 0 unspecified atom stereocenters. The number of oxazole rings is 1. The largest absolute Gasteiger partial charge is 0.493 e. The second-order valence-electron chi connectivity index (χ2n) is 5.62. The van der Waals surface area contributed by atoms with Crippen LogP contribution in [0.2, 0.25) is 0 Å². The number of methoxy groups -OCH3 is 4. The molecular formula is C21H25NO6S. The Balaban J connectivity index is 0.000000687. The van der Waals surface area contributed by atoms with Crippen molar-refractivity contribution in [3.63, 3.8) is 0 Å². The maximum atomic E-state index is 7.80. The fraction of sp³-hybridized carbons (Fsp3) is 0.286. The Morgan fingerprint density at radius 2 is 1.31 bits per heavy atom. The summed E-state index contributed by atoms with van der Waals surface area (Å²) in [7, 11) is 6.39.